The van der Waals surface area contributed by atoms with E-state index in [4.69, 9.17) is 18.0 Å². The van der Waals surface area contributed by atoms with E-state index in [0.29, 0.717) is 5.92 Å². The molecule has 1 aromatic rings. The highest BCUT2D eigenvalue weighted by atomic mass is 35.5. The van der Waals surface area contributed by atoms with Crippen molar-refractivity contribution in [2.75, 3.05) is 0 Å². The molecule has 0 bridgehead atoms. The van der Waals surface area contributed by atoms with Gasteiger partial charge < -0.3 is 0 Å². The lowest BCUT2D eigenvalue weighted by atomic mass is 9.91. The Morgan fingerprint density at radius 2 is 2.20 bits per heavy atom. The molecule has 0 nitrogen and oxygen atoms in total. The Morgan fingerprint density at radius 3 is 2.73 bits per heavy atom. The van der Waals surface area contributed by atoms with Crippen molar-refractivity contribution < 1.29 is 0 Å². The molecule has 0 aromatic heterocycles. The first-order valence-corrected chi connectivity index (χ1v) is 5.76. The first kappa shape index (κ1) is 12.1. The van der Waals surface area contributed by atoms with Crippen LogP contribution in [-0.4, -0.2) is 0 Å². The lowest BCUT2D eigenvalue weighted by molar-refractivity contribution is 0.628. The van der Waals surface area contributed by atoms with Crippen LogP contribution >= 0.6 is 11.6 Å². The van der Waals surface area contributed by atoms with Gasteiger partial charge in [-0.3, -0.25) is 0 Å². The number of hydrogen-bond acceptors (Lipinski definition) is 0. The molecule has 1 heteroatoms. The number of terminal acetylenes is 1. The normalized spacial score (nSPS) is 12.1. The molecule has 1 atom stereocenters. The van der Waals surface area contributed by atoms with Crippen LogP contribution < -0.4 is 0 Å². The molecule has 0 aliphatic rings. The minimum Gasteiger partial charge on any atom is -0.120 e. The van der Waals surface area contributed by atoms with Crippen molar-refractivity contribution >= 4 is 11.6 Å². The van der Waals surface area contributed by atoms with Crippen LogP contribution in [0.25, 0.3) is 0 Å². The smallest absolute Gasteiger partial charge is 0.0435 e. The second-order valence-corrected chi connectivity index (χ2v) is 4.31. The second-order valence-electron chi connectivity index (χ2n) is 3.90. The van der Waals surface area contributed by atoms with E-state index in [-0.39, 0.29) is 0 Å². The Hall–Kier alpha value is -0.930. The first-order chi connectivity index (χ1) is 7.19. The molecule has 0 N–H and O–H groups in total. The fraction of sp³-hybridized carbons (Fsp3) is 0.429. The van der Waals surface area contributed by atoms with Gasteiger partial charge in [0, 0.05) is 11.4 Å². The van der Waals surface area contributed by atoms with E-state index in [2.05, 4.69) is 25.0 Å². The molecule has 0 aliphatic carbocycles. The zero-order valence-electron chi connectivity index (χ0n) is 9.39. The van der Waals surface area contributed by atoms with Gasteiger partial charge in [-0.15, -0.1) is 12.3 Å². The summed E-state index contributed by atoms with van der Waals surface area (Å²) in [6.07, 6.45) is 8.51. The van der Waals surface area contributed by atoms with Gasteiger partial charge in [-0.2, -0.15) is 0 Å². The molecule has 80 valence electrons. The topological polar surface area (TPSA) is 0 Å². The van der Waals surface area contributed by atoms with E-state index >= 15 is 0 Å². The average Bonchev–Trinajstić information content (AvgIpc) is 2.22. The van der Waals surface area contributed by atoms with Crippen LogP contribution in [0.5, 0.6) is 0 Å². The van der Waals surface area contributed by atoms with E-state index in [1.54, 1.807) is 0 Å². The lowest BCUT2D eigenvalue weighted by Crippen LogP contribution is -1.98. The van der Waals surface area contributed by atoms with Gasteiger partial charge >= 0.3 is 0 Å². The molecule has 0 aliphatic heterocycles. The number of benzene rings is 1. The molecule has 0 fully saturated rings. The number of halogens is 1. The lowest BCUT2D eigenvalue weighted by Gasteiger charge is -2.14. The molecule has 1 aromatic carbocycles. The summed E-state index contributed by atoms with van der Waals surface area (Å²) in [7, 11) is 0. The van der Waals surface area contributed by atoms with E-state index in [9.17, 15) is 0 Å². The molecule has 0 radical (unpaired) electrons. The van der Waals surface area contributed by atoms with Gasteiger partial charge in [0.25, 0.3) is 0 Å². The van der Waals surface area contributed by atoms with Crippen molar-refractivity contribution in [1.82, 2.24) is 0 Å². The summed E-state index contributed by atoms with van der Waals surface area (Å²) >= 11 is 6.00. The summed E-state index contributed by atoms with van der Waals surface area (Å²) in [6, 6.07) is 6.21. The van der Waals surface area contributed by atoms with Gasteiger partial charge in [0.2, 0.25) is 0 Å². The SMILES string of the molecule is C#CCC(CCC)c1ccc(Cl)c(C)c1. The number of aryl methyl sites for hydroxylation is 1. The van der Waals surface area contributed by atoms with Crippen molar-refractivity contribution in [1.29, 1.82) is 0 Å². The van der Waals surface area contributed by atoms with Crippen LogP contribution in [0.1, 0.15) is 43.2 Å². The highest BCUT2D eigenvalue weighted by Gasteiger charge is 2.10. The largest absolute Gasteiger partial charge is 0.120 e. The molecule has 0 saturated carbocycles. The van der Waals surface area contributed by atoms with Gasteiger partial charge in [-0.25, -0.2) is 0 Å². The maximum atomic E-state index is 6.00. The minimum absolute atomic E-state index is 0.482. The highest BCUT2D eigenvalue weighted by molar-refractivity contribution is 6.31. The van der Waals surface area contributed by atoms with Crippen LogP contribution in [0.3, 0.4) is 0 Å². The molecular formula is C14H17Cl. The molecule has 15 heavy (non-hydrogen) atoms. The van der Waals surface area contributed by atoms with Gasteiger partial charge in [0.15, 0.2) is 0 Å². The Bertz CT molecular complexity index is 360. The molecule has 1 unspecified atom stereocenters. The first-order valence-electron chi connectivity index (χ1n) is 5.38. The van der Waals surface area contributed by atoms with Crippen LogP contribution in [-0.2, 0) is 0 Å². The minimum atomic E-state index is 0.482. The molecule has 1 rings (SSSR count). The van der Waals surface area contributed by atoms with E-state index in [1.165, 1.54) is 5.56 Å². The van der Waals surface area contributed by atoms with Gasteiger partial charge in [0.05, 0.1) is 0 Å². The zero-order valence-corrected chi connectivity index (χ0v) is 10.1. The summed E-state index contributed by atoms with van der Waals surface area (Å²) < 4.78 is 0. The van der Waals surface area contributed by atoms with Crippen molar-refractivity contribution in [2.24, 2.45) is 0 Å². The summed E-state index contributed by atoms with van der Waals surface area (Å²) in [5.74, 6) is 3.23. The van der Waals surface area contributed by atoms with Crippen molar-refractivity contribution in [3.63, 3.8) is 0 Å². The van der Waals surface area contributed by atoms with Crippen molar-refractivity contribution in [3.05, 3.63) is 34.3 Å². The summed E-state index contributed by atoms with van der Waals surface area (Å²) in [5, 5.41) is 0.828. The Kier molecular flexibility index (Phi) is 4.72. The predicted octanol–water partition coefficient (Wildman–Crippen LogP) is 4.56. The third kappa shape index (κ3) is 3.29. The number of rotatable bonds is 4. The zero-order chi connectivity index (χ0) is 11.3. The monoisotopic (exact) mass is 220 g/mol. The van der Waals surface area contributed by atoms with Gasteiger partial charge in [-0.05, 0) is 36.5 Å². The third-order valence-electron chi connectivity index (χ3n) is 2.65. The predicted molar refractivity (Wildman–Crippen MR) is 67.3 cm³/mol. The fourth-order valence-corrected chi connectivity index (χ4v) is 1.92. The number of hydrogen-bond donors (Lipinski definition) is 0. The van der Waals surface area contributed by atoms with Gasteiger partial charge in [-0.1, -0.05) is 37.1 Å². The molecular weight excluding hydrogens is 204 g/mol. The summed E-state index contributed by atoms with van der Waals surface area (Å²) in [5.41, 5.74) is 2.45. The molecule has 0 amide bonds. The Morgan fingerprint density at radius 1 is 1.47 bits per heavy atom. The second kappa shape index (κ2) is 5.83. The van der Waals surface area contributed by atoms with E-state index < -0.39 is 0 Å². The van der Waals surface area contributed by atoms with Crippen LogP contribution in [0, 0.1) is 19.3 Å². The van der Waals surface area contributed by atoms with Crippen LogP contribution in [0.4, 0.5) is 0 Å². The quantitative estimate of drug-likeness (QED) is 0.653. The molecule has 0 saturated heterocycles. The molecule has 0 heterocycles. The summed E-state index contributed by atoms with van der Waals surface area (Å²) in [6.45, 7) is 4.22. The standard InChI is InChI=1S/C14H17Cl/c1-4-6-12(7-5-2)13-8-9-14(15)11(3)10-13/h1,8-10,12H,5-7H2,2-3H3. The maximum Gasteiger partial charge on any atom is 0.0435 e. The highest BCUT2D eigenvalue weighted by Crippen LogP contribution is 2.27. The third-order valence-corrected chi connectivity index (χ3v) is 3.08. The fourth-order valence-electron chi connectivity index (χ4n) is 1.80. The molecule has 0 spiro atoms. The summed E-state index contributed by atoms with van der Waals surface area (Å²) in [4.78, 5) is 0. The van der Waals surface area contributed by atoms with Crippen molar-refractivity contribution in [2.45, 2.75) is 39.0 Å². The van der Waals surface area contributed by atoms with E-state index in [0.717, 1.165) is 29.8 Å². The maximum absolute atomic E-state index is 6.00. The van der Waals surface area contributed by atoms with Gasteiger partial charge in [0.1, 0.15) is 0 Å². The van der Waals surface area contributed by atoms with E-state index in [1.807, 2.05) is 13.0 Å². The van der Waals surface area contributed by atoms with Crippen LogP contribution in [0.15, 0.2) is 18.2 Å². The Balaban J connectivity index is 2.91. The Labute approximate surface area is 97.7 Å². The van der Waals surface area contributed by atoms with Crippen molar-refractivity contribution in [3.8, 4) is 12.3 Å². The van der Waals surface area contributed by atoms with Crippen LogP contribution in [0.2, 0.25) is 5.02 Å². The average molecular weight is 221 g/mol.